The number of hydrogen-bond acceptors (Lipinski definition) is 6. The van der Waals surface area contributed by atoms with Crippen molar-refractivity contribution in [1.29, 1.82) is 0 Å². The van der Waals surface area contributed by atoms with E-state index in [2.05, 4.69) is 25.3 Å². The molecule has 3 N–H and O–H groups in total. The van der Waals surface area contributed by atoms with Crippen LogP contribution < -0.4 is 5.32 Å². The minimum atomic E-state index is -4.67. The third-order valence-electron chi connectivity index (χ3n) is 6.36. The first-order valence-corrected chi connectivity index (χ1v) is 11.5. The average Bonchev–Trinajstić information content (AvgIpc) is 3.26. The molecule has 0 amide bonds. The summed E-state index contributed by atoms with van der Waals surface area (Å²) in [6.45, 7) is 1.62. The number of hydrogen-bond donors (Lipinski definition) is 3. The van der Waals surface area contributed by atoms with Crippen LogP contribution >= 0.6 is 0 Å². The van der Waals surface area contributed by atoms with Gasteiger partial charge in [0.2, 0.25) is 5.82 Å². The van der Waals surface area contributed by atoms with E-state index in [1.54, 1.807) is 18.2 Å². The van der Waals surface area contributed by atoms with Crippen LogP contribution in [0.1, 0.15) is 37.6 Å². The second-order valence-corrected chi connectivity index (χ2v) is 9.25. The van der Waals surface area contributed by atoms with Gasteiger partial charge in [-0.05, 0) is 61.6 Å². The number of nitrogens with one attached hydrogen (secondary N) is 2. The summed E-state index contributed by atoms with van der Waals surface area (Å²) in [6, 6.07) is 1.63. The summed E-state index contributed by atoms with van der Waals surface area (Å²) in [5.74, 6) is -1.11. The summed E-state index contributed by atoms with van der Waals surface area (Å²) in [6.07, 6.45) is -1.47. The number of allylic oxidation sites excluding steroid dienone is 2. The molecule has 7 nitrogen and oxygen atoms in total. The number of rotatable bonds is 3. The summed E-state index contributed by atoms with van der Waals surface area (Å²) >= 11 is 0. The highest BCUT2D eigenvalue weighted by Crippen LogP contribution is 2.38. The van der Waals surface area contributed by atoms with Crippen LogP contribution in [0, 0.1) is 0 Å². The van der Waals surface area contributed by atoms with Gasteiger partial charge in [-0.25, -0.2) is 15.0 Å². The number of halogens is 6. The Morgan fingerprint density at radius 2 is 1.81 bits per heavy atom. The van der Waals surface area contributed by atoms with Gasteiger partial charge in [-0.2, -0.15) is 26.3 Å². The van der Waals surface area contributed by atoms with Crippen LogP contribution in [0.3, 0.4) is 0 Å². The van der Waals surface area contributed by atoms with E-state index in [4.69, 9.17) is 0 Å². The highest BCUT2D eigenvalue weighted by atomic mass is 19.4. The minimum Gasteiger partial charge on any atom is -0.368 e. The Hall–Kier alpha value is -3.61. The molecule has 3 aromatic heterocycles. The molecule has 2 unspecified atom stereocenters. The Morgan fingerprint density at radius 3 is 2.49 bits per heavy atom. The van der Waals surface area contributed by atoms with Crippen molar-refractivity contribution in [3.05, 3.63) is 60.1 Å². The maximum Gasteiger partial charge on any atom is 0.451 e. The zero-order valence-corrected chi connectivity index (χ0v) is 19.5. The van der Waals surface area contributed by atoms with Crippen molar-refractivity contribution in [3.8, 4) is 11.3 Å². The van der Waals surface area contributed by atoms with Gasteiger partial charge in [0.05, 0.1) is 5.69 Å². The maximum atomic E-state index is 13.8. The Labute approximate surface area is 206 Å². The Kier molecular flexibility index (Phi) is 5.93. The maximum absolute atomic E-state index is 13.8. The van der Waals surface area contributed by atoms with Gasteiger partial charge < -0.3 is 20.3 Å². The van der Waals surface area contributed by atoms with E-state index < -0.39 is 29.9 Å². The molecule has 0 aliphatic carbocycles. The number of aliphatic hydroxyl groups is 1. The monoisotopic (exact) mass is 524 g/mol. The molecule has 0 saturated carbocycles. The average molecular weight is 524 g/mol. The lowest BCUT2D eigenvalue weighted by atomic mass is 9.95. The van der Waals surface area contributed by atoms with Gasteiger partial charge in [0, 0.05) is 36.1 Å². The van der Waals surface area contributed by atoms with E-state index in [0.717, 1.165) is 12.4 Å². The second-order valence-electron chi connectivity index (χ2n) is 9.25. The Bertz CT molecular complexity index is 1370. The second kappa shape index (κ2) is 8.75. The normalized spacial score (nSPS) is 23.0. The fourth-order valence-corrected chi connectivity index (χ4v) is 4.74. The molecule has 0 bridgehead atoms. The van der Waals surface area contributed by atoms with Crippen molar-refractivity contribution in [2.45, 2.75) is 50.3 Å². The predicted molar refractivity (Wildman–Crippen MR) is 122 cm³/mol. The summed E-state index contributed by atoms with van der Waals surface area (Å²) in [5.41, 5.74) is 0.492. The van der Waals surface area contributed by atoms with Crippen LogP contribution in [0.5, 0.6) is 0 Å². The number of aromatic nitrogens is 4. The predicted octanol–water partition coefficient (Wildman–Crippen LogP) is 4.99. The minimum absolute atomic E-state index is 0.0421. The molecule has 2 atom stereocenters. The highest BCUT2D eigenvalue weighted by Gasteiger charge is 2.46. The molecule has 5 rings (SSSR count). The quantitative estimate of drug-likeness (QED) is 0.419. The van der Waals surface area contributed by atoms with Gasteiger partial charge in [-0.15, -0.1) is 0 Å². The molecule has 196 valence electrons. The topological polar surface area (TPSA) is 90.0 Å². The van der Waals surface area contributed by atoms with E-state index in [9.17, 15) is 31.4 Å². The molecule has 0 spiro atoms. The van der Waals surface area contributed by atoms with Crippen molar-refractivity contribution in [1.82, 2.24) is 30.2 Å². The van der Waals surface area contributed by atoms with Gasteiger partial charge in [0.1, 0.15) is 17.5 Å². The van der Waals surface area contributed by atoms with Crippen molar-refractivity contribution >= 4 is 16.6 Å². The summed E-state index contributed by atoms with van der Waals surface area (Å²) < 4.78 is 79.8. The number of piperidine rings is 1. The number of dihydropyridines is 1. The first kappa shape index (κ1) is 25.1. The van der Waals surface area contributed by atoms with Crippen molar-refractivity contribution < 1.29 is 31.4 Å². The zero-order chi connectivity index (χ0) is 26.6. The van der Waals surface area contributed by atoms with Crippen LogP contribution in [0.25, 0.3) is 27.9 Å². The molecule has 0 radical (unpaired) electrons. The number of alkyl halides is 6. The third-order valence-corrected chi connectivity index (χ3v) is 6.36. The third kappa shape index (κ3) is 4.99. The van der Waals surface area contributed by atoms with Crippen LogP contribution in [0.2, 0.25) is 0 Å². The summed E-state index contributed by atoms with van der Waals surface area (Å²) in [7, 11) is 0. The number of aromatic amines is 1. The molecule has 0 aromatic carbocycles. The van der Waals surface area contributed by atoms with E-state index in [-0.39, 0.29) is 18.8 Å². The largest absolute Gasteiger partial charge is 0.451 e. The van der Waals surface area contributed by atoms with Crippen molar-refractivity contribution in [2.24, 2.45) is 0 Å². The molecule has 1 saturated heterocycles. The molecule has 2 aliphatic rings. The van der Waals surface area contributed by atoms with E-state index in [1.165, 1.54) is 24.1 Å². The number of nitrogens with zero attached hydrogens (tertiary/aromatic N) is 4. The molecule has 5 heterocycles. The fourth-order valence-electron chi connectivity index (χ4n) is 4.74. The smallest absolute Gasteiger partial charge is 0.368 e. The van der Waals surface area contributed by atoms with Crippen LogP contribution in [0.15, 0.2) is 48.7 Å². The van der Waals surface area contributed by atoms with E-state index in [0.29, 0.717) is 46.3 Å². The summed E-state index contributed by atoms with van der Waals surface area (Å²) in [5, 5.41) is 14.2. The SMILES string of the molecule is CC1(O)C=C(c2ccnc3[nH]c(-c4cnc(C(F)(F)F)nc4)cc23)C=C(N2CCCCC2C(F)(F)F)N1. The molecule has 1 fully saturated rings. The number of fused-ring (bicyclic) bond motifs is 1. The van der Waals surface area contributed by atoms with Crippen LogP contribution in [-0.4, -0.2) is 54.4 Å². The standard InChI is InChI=1S/C24H22F6N6O/c1-22(37)10-13(8-19(35-22)36-7-3-2-4-18(36)23(25,26)27)15-5-6-31-20-16(15)9-17(34-20)14-11-32-21(33-12-14)24(28,29)30/h5-6,8-12,18,35,37H,2-4,7H2,1H3,(H,31,34). The molecule has 3 aromatic rings. The molecular weight excluding hydrogens is 502 g/mol. The lowest BCUT2D eigenvalue weighted by Gasteiger charge is -2.43. The summed E-state index contributed by atoms with van der Waals surface area (Å²) in [4.78, 5) is 15.3. The number of likely N-dealkylation sites (tertiary alicyclic amines) is 1. The fraction of sp³-hybridized carbons (Fsp3) is 0.375. The lowest BCUT2D eigenvalue weighted by molar-refractivity contribution is -0.187. The van der Waals surface area contributed by atoms with E-state index >= 15 is 0 Å². The van der Waals surface area contributed by atoms with Gasteiger partial charge in [-0.1, -0.05) is 0 Å². The lowest BCUT2D eigenvalue weighted by Crippen LogP contribution is -2.54. The van der Waals surface area contributed by atoms with E-state index in [1.807, 2.05) is 0 Å². The first-order chi connectivity index (χ1) is 17.3. The van der Waals surface area contributed by atoms with Gasteiger partial charge in [0.15, 0.2) is 5.72 Å². The number of pyridine rings is 1. The zero-order valence-electron chi connectivity index (χ0n) is 19.5. The Morgan fingerprint density at radius 1 is 1.08 bits per heavy atom. The number of H-pyrrole nitrogens is 1. The highest BCUT2D eigenvalue weighted by molar-refractivity contribution is 5.96. The van der Waals surface area contributed by atoms with Crippen LogP contribution in [0.4, 0.5) is 26.3 Å². The molecule has 37 heavy (non-hydrogen) atoms. The van der Waals surface area contributed by atoms with Crippen molar-refractivity contribution in [2.75, 3.05) is 6.54 Å². The van der Waals surface area contributed by atoms with Crippen molar-refractivity contribution in [3.63, 3.8) is 0 Å². The Balaban J connectivity index is 1.55. The molecule has 2 aliphatic heterocycles. The molecule has 13 heteroatoms. The van der Waals surface area contributed by atoms with Crippen LogP contribution in [-0.2, 0) is 6.18 Å². The molecular formula is C24H22F6N6O. The first-order valence-electron chi connectivity index (χ1n) is 11.5. The van der Waals surface area contributed by atoms with Gasteiger partial charge in [0.25, 0.3) is 0 Å². The van der Waals surface area contributed by atoms with Gasteiger partial charge >= 0.3 is 12.4 Å². The van der Waals surface area contributed by atoms with Gasteiger partial charge in [-0.3, -0.25) is 0 Å².